The molecule has 0 aliphatic carbocycles. The van der Waals surface area contributed by atoms with Gasteiger partial charge in [0.15, 0.2) is 21.4 Å². The number of rotatable bonds is 4. The van der Waals surface area contributed by atoms with E-state index in [1.165, 1.54) is 24.4 Å². The minimum atomic E-state index is -3.31. The average Bonchev–Trinajstić information content (AvgIpc) is 3.06. The number of nitrogens with zero attached hydrogens (tertiary/aromatic N) is 3. The third-order valence-corrected chi connectivity index (χ3v) is 5.13. The molecule has 0 N–H and O–H groups in total. The van der Waals surface area contributed by atoms with E-state index in [0.29, 0.717) is 16.6 Å². The Labute approximate surface area is 159 Å². The molecule has 0 radical (unpaired) electrons. The second kappa shape index (κ2) is 6.68. The van der Waals surface area contributed by atoms with Gasteiger partial charge in [-0.15, -0.1) is 0 Å². The summed E-state index contributed by atoms with van der Waals surface area (Å²) in [5.41, 5.74) is 1.87. The number of benzene rings is 2. The number of ether oxygens (including phenoxy) is 1. The SMILES string of the molecule is Cc1cc(S(C)(=O)=O)ccc1-c1nc2cnc(Oc3ccccc3F)nc2o1. The zero-order valence-corrected chi connectivity index (χ0v) is 15.7. The summed E-state index contributed by atoms with van der Waals surface area (Å²) in [6.07, 6.45) is 2.55. The molecule has 4 rings (SSSR count). The highest BCUT2D eigenvalue weighted by Crippen LogP contribution is 2.29. The van der Waals surface area contributed by atoms with Crippen LogP contribution in [0.25, 0.3) is 22.7 Å². The summed E-state index contributed by atoms with van der Waals surface area (Å²) < 4.78 is 48.1. The maximum Gasteiger partial charge on any atom is 0.325 e. The van der Waals surface area contributed by atoms with Crippen LogP contribution in [0, 0.1) is 12.7 Å². The molecule has 7 nitrogen and oxygen atoms in total. The van der Waals surface area contributed by atoms with Gasteiger partial charge in [-0.3, -0.25) is 0 Å². The van der Waals surface area contributed by atoms with Crippen LogP contribution in [0.15, 0.2) is 58.0 Å². The molecule has 0 atom stereocenters. The largest absolute Gasteiger partial charge is 0.421 e. The summed E-state index contributed by atoms with van der Waals surface area (Å²) in [4.78, 5) is 12.7. The number of sulfone groups is 1. The van der Waals surface area contributed by atoms with Crippen LogP contribution >= 0.6 is 0 Å². The first kappa shape index (κ1) is 18.1. The van der Waals surface area contributed by atoms with E-state index in [2.05, 4.69) is 15.0 Å². The predicted molar refractivity (Wildman–Crippen MR) is 99.4 cm³/mol. The third-order valence-electron chi connectivity index (χ3n) is 4.02. The Morgan fingerprint density at radius 2 is 1.89 bits per heavy atom. The fraction of sp³-hybridized carbons (Fsp3) is 0.105. The Morgan fingerprint density at radius 1 is 1.11 bits per heavy atom. The van der Waals surface area contributed by atoms with Crippen LogP contribution in [0.3, 0.4) is 0 Å². The Morgan fingerprint density at radius 3 is 2.61 bits per heavy atom. The normalized spacial score (nSPS) is 11.7. The lowest BCUT2D eigenvalue weighted by atomic mass is 10.1. The molecule has 28 heavy (non-hydrogen) atoms. The minimum Gasteiger partial charge on any atom is -0.421 e. The summed E-state index contributed by atoms with van der Waals surface area (Å²) >= 11 is 0. The van der Waals surface area contributed by atoms with E-state index in [9.17, 15) is 12.8 Å². The minimum absolute atomic E-state index is 0.00574. The molecular weight excluding hydrogens is 385 g/mol. The number of halogens is 1. The number of oxazole rings is 1. The molecule has 2 aromatic carbocycles. The summed E-state index contributed by atoms with van der Waals surface area (Å²) in [7, 11) is -3.31. The van der Waals surface area contributed by atoms with E-state index in [4.69, 9.17) is 9.15 Å². The predicted octanol–water partition coefficient (Wildman–Crippen LogP) is 3.93. The molecule has 142 valence electrons. The first-order chi connectivity index (χ1) is 13.3. The molecule has 0 amide bonds. The maximum absolute atomic E-state index is 13.7. The summed E-state index contributed by atoms with van der Waals surface area (Å²) in [6.45, 7) is 1.76. The van der Waals surface area contributed by atoms with Crippen LogP contribution < -0.4 is 4.74 Å². The molecule has 4 aromatic rings. The van der Waals surface area contributed by atoms with Crippen molar-refractivity contribution in [3.8, 4) is 23.2 Å². The number of para-hydroxylation sites is 1. The van der Waals surface area contributed by atoms with Gasteiger partial charge in [0.2, 0.25) is 5.89 Å². The second-order valence-corrected chi connectivity index (χ2v) is 8.16. The lowest BCUT2D eigenvalue weighted by Crippen LogP contribution is -1.98. The monoisotopic (exact) mass is 399 g/mol. The van der Waals surface area contributed by atoms with Crippen LogP contribution in [0.1, 0.15) is 5.56 Å². The van der Waals surface area contributed by atoms with Crippen molar-refractivity contribution in [3.05, 3.63) is 60.0 Å². The van der Waals surface area contributed by atoms with Gasteiger partial charge in [0, 0.05) is 11.8 Å². The van der Waals surface area contributed by atoms with Crippen molar-refractivity contribution in [3.63, 3.8) is 0 Å². The first-order valence-corrected chi connectivity index (χ1v) is 10.1. The van der Waals surface area contributed by atoms with Gasteiger partial charge in [-0.05, 0) is 42.8 Å². The standard InChI is InChI=1S/C19H14FN3O4S/c1-11-9-12(28(2,24)25)7-8-13(11)17-22-15-10-21-19(23-18(15)27-17)26-16-6-4-3-5-14(16)20/h3-10H,1-2H3. The molecular formula is C19H14FN3O4S. The average molecular weight is 399 g/mol. The highest BCUT2D eigenvalue weighted by molar-refractivity contribution is 7.90. The number of aromatic nitrogens is 3. The number of fused-ring (bicyclic) bond motifs is 1. The van der Waals surface area contributed by atoms with Gasteiger partial charge >= 0.3 is 6.01 Å². The van der Waals surface area contributed by atoms with Crippen molar-refractivity contribution in [1.29, 1.82) is 0 Å². The summed E-state index contributed by atoms with van der Waals surface area (Å²) in [6, 6.07) is 10.5. The number of aryl methyl sites for hydroxylation is 1. The molecule has 0 aliphatic heterocycles. The van der Waals surface area contributed by atoms with Crippen molar-refractivity contribution in [2.24, 2.45) is 0 Å². The molecule has 0 saturated carbocycles. The van der Waals surface area contributed by atoms with E-state index in [1.807, 2.05) is 0 Å². The van der Waals surface area contributed by atoms with Crippen molar-refractivity contribution in [2.45, 2.75) is 11.8 Å². The van der Waals surface area contributed by atoms with E-state index in [1.54, 1.807) is 31.2 Å². The Balaban J connectivity index is 1.70. The fourth-order valence-corrected chi connectivity index (χ4v) is 3.32. The Bertz CT molecular complexity index is 1300. The van der Waals surface area contributed by atoms with Crippen LogP contribution in [-0.4, -0.2) is 29.6 Å². The van der Waals surface area contributed by atoms with Gasteiger partial charge < -0.3 is 9.15 Å². The lowest BCUT2D eigenvalue weighted by Gasteiger charge is -2.04. The van der Waals surface area contributed by atoms with Crippen LogP contribution in [0.4, 0.5) is 4.39 Å². The van der Waals surface area contributed by atoms with Gasteiger partial charge in [-0.25, -0.2) is 22.8 Å². The number of hydrogen-bond acceptors (Lipinski definition) is 7. The quantitative estimate of drug-likeness (QED) is 0.513. The zero-order valence-electron chi connectivity index (χ0n) is 14.9. The van der Waals surface area contributed by atoms with E-state index in [-0.39, 0.29) is 28.3 Å². The molecule has 0 unspecified atom stereocenters. The Hall–Kier alpha value is -3.33. The lowest BCUT2D eigenvalue weighted by molar-refractivity contribution is 0.410. The highest BCUT2D eigenvalue weighted by Gasteiger charge is 2.16. The van der Waals surface area contributed by atoms with Crippen LogP contribution in [-0.2, 0) is 9.84 Å². The molecule has 2 aromatic heterocycles. The van der Waals surface area contributed by atoms with Crippen molar-refractivity contribution < 1.29 is 22.0 Å². The van der Waals surface area contributed by atoms with Gasteiger partial charge in [0.25, 0.3) is 5.71 Å². The Kier molecular flexibility index (Phi) is 4.31. The molecule has 0 aliphatic rings. The van der Waals surface area contributed by atoms with Gasteiger partial charge in [-0.1, -0.05) is 12.1 Å². The highest BCUT2D eigenvalue weighted by atomic mass is 32.2. The van der Waals surface area contributed by atoms with Crippen molar-refractivity contribution >= 4 is 21.1 Å². The molecule has 0 fully saturated rings. The molecule has 9 heteroatoms. The van der Waals surface area contributed by atoms with E-state index >= 15 is 0 Å². The summed E-state index contributed by atoms with van der Waals surface area (Å²) in [5, 5.41) is 0. The van der Waals surface area contributed by atoms with Crippen LogP contribution in [0.5, 0.6) is 11.8 Å². The molecule has 0 saturated heterocycles. The zero-order chi connectivity index (χ0) is 19.9. The molecule has 2 heterocycles. The van der Waals surface area contributed by atoms with Crippen molar-refractivity contribution in [1.82, 2.24) is 15.0 Å². The summed E-state index contributed by atoms with van der Waals surface area (Å²) in [5.74, 6) is -0.273. The second-order valence-electron chi connectivity index (χ2n) is 6.14. The number of hydrogen-bond donors (Lipinski definition) is 0. The van der Waals surface area contributed by atoms with E-state index in [0.717, 1.165) is 6.26 Å². The maximum atomic E-state index is 13.7. The van der Waals surface area contributed by atoms with Crippen molar-refractivity contribution in [2.75, 3.05) is 6.26 Å². The first-order valence-electron chi connectivity index (χ1n) is 8.18. The van der Waals surface area contributed by atoms with Crippen LogP contribution in [0.2, 0.25) is 0 Å². The topological polar surface area (TPSA) is 95.2 Å². The molecule has 0 spiro atoms. The smallest absolute Gasteiger partial charge is 0.325 e. The van der Waals surface area contributed by atoms with Gasteiger partial charge in [0.05, 0.1) is 11.1 Å². The van der Waals surface area contributed by atoms with Gasteiger partial charge in [-0.2, -0.15) is 4.98 Å². The van der Waals surface area contributed by atoms with E-state index < -0.39 is 15.7 Å². The van der Waals surface area contributed by atoms with Gasteiger partial charge in [0.1, 0.15) is 5.52 Å². The fourth-order valence-electron chi connectivity index (χ4n) is 2.62. The third kappa shape index (κ3) is 3.44. The molecule has 0 bridgehead atoms.